The number of aromatic nitrogens is 2. The van der Waals surface area contributed by atoms with Gasteiger partial charge in [-0.25, -0.2) is 4.98 Å². The molecule has 0 bridgehead atoms. The zero-order valence-corrected chi connectivity index (χ0v) is 22.0. The zero-order chi connectivity index (χ0) is 25.1. The number of halogens is 1. The van der Waals surface area contributed by atoms with Gasteiger partial charge < -0.3 is 14.8 Å². The molecule has 0 atom stereocenters. The molecule has 2 aromatic heterocycles. The topological polar surface area (TPSA) is 64.9 Å². The van der Waals surface area contributed by atoms with Crippen molar-refractivity contribution in [2.75, 3.05) is 18.3 Å². The summed E-state index contributed by atoms with van der Waals surface area (Å²) in [6.45, 7) is 13.2. The van der Waals surface area contributed by atoms with Gasteiger partial charge in [0, 0.05) is 29.6 Å². The Morgan fingerprint density at radius 3 is 2.50 bits per heavy atom. The van der Waals surface area contributed by atoms with Gasteiger partial charge in [0.05, 0.1) is 7.11 Å². The second-order valence-electron chi connectivity index (χ2n) is 10.6. The lowest BCUT2D eigenvalue weighted by Crippen LogP contribution is -2.36. The Kier molecular flexibility index (Phi) is 7.81. The highest BCUT2D eigenvalue weighted by molar-refractivity contribution is 6.17. The van der Waals surface area contributed by atoms with E-state index in [-0.39, 0.29) is 23.3 Å². The molecule has 2 heterocycles. The number of alkyl halides is 1. The molecule has 6 nitrogen and oxygen atoms in total. The van der Waals surface area contributed by atoms with Crippen LogP contribution in [0.15, 0.2) is 36.5 Å². The van der Waals surface area contributed by atoms with Crippen molar-refractivity contribution >= 4 is 29.0 Å². The van der Waals surface area contributed by atoms with Crippen molar-refractivity contribution in [3.8, 4) is 22.8 Å². The molecule has 7 heteroatoms. The summed E-state index contributed by atoms with van der Waals surface area (Å²) in [6, 6.07) is 9.66. The van der Waals surface area contributed by atoms with Crippen LogP contribution in [0.4, 0.5) is 5.82 Å². The van der Waals surface area contributed by atoms with E-state index in [0.29, 0.717) is 23.8 Å². The third-order valence-electron chi connectivity index (χ3n) is 5.39. The number of esters is 1. The lowest BCUT2D eigenvalue weighted by Gasteiger charge is -2.34. The van der Waals surface area contributed by atoms with Crippen LogP contribution in [0.2, 0.25) is 0 Å². The molecule has 0 saturated heterocycles. The van der Waals surface area contributed by atoms with Gasteiger partial charge in [-0.05, 0) is 74.9 Å². The maximum absolute atomic E-state index is 12.1. The predicted molar refractivity (Wildman–Crippen MR) is 139 cm³/mol. The zero-order valence-electron chi connectivity index (χ0n) is 21.3. The molecule has 0 aliphatic carbocycles. The number of carbonyl (C=O) groups excluding carboxylic acids is 1. The molecule has 0 saturated carbocycles. The molecule has 0 spiro atoms. The van der Waals surface area contributed by atoms with E-state index in [0.717, 1.165) is 34.7 Å². The molecule has 3 rings (SSSR count). The number of fused-ring (bicyclic) bond motifs is 1. The molecule has 0 unspecified atom stereocenters. The minimum absolute atomic E-state index is 0.159. The van der Waals surface area contributed by atoms with Gasteiger partial charge in [-0.3, -0.25) is 9.20 Å². The Morgan fingerprint density at radius 1 is 1.12 bits per heavy atom. The molecule has 1 aromatic carbocycles. The third-order valence-corrected chi connectivity index (χ3v) is 5.65. The summed E-state index contributed by atoms with van der Waals surface area (Å²) in [6.07, 6.45) is 3.85. The summed E-state index contributed by atoms with van der Waals surface area (Å²) in [5.41, 5.74) is 3.67. The molecule has 34 heavy (non-hydrogen) atoms. The number of methoxy groups -OCH3 is 1. The van der Waals surface area contributed by atoms with Gasteiger partial charge in [0.1, 0.15) is 17.2 Å². The molecule has 0 radical (unpaired) electrons. The largest absolute Gasteiger partial charge is 0.493 e. The Hall–Kier alpha value is -2.73. The number of benzene rings is 1. The van der Waals surface area contributed by atoms with Gasteiger partial charge in [-0.15, -0.1) is 11.6 Å². The fraction of sp³-hybridized carbons (Fsp3) is 0.481. The van der Waals surface area contributed by atoms with Gasteiger partial charge in [-0.1, -0.05) is 20.8 Å². The van der Waals surface area contributed by atoms with Crippen LogP contribution < -0.4 is 14.8 Å². The van der Waals surface area contributed by atoms with Crippen molar-refractivity contribution in [1.82, 2.24) is 9.38 Å². The molecule has 3 aromatic rings. The highest BCUT2D eigenvalue weighted by atomic mass is 35.5. The Balaban J connectivity index is 2.05. The third kappa shape index (κ3) is 6.44. The lowest BCUT2D eigenvalue weighted by molar-refractivity contribution is -0.134. The number of nitrogens with zero attached hydrogens (tertiary/aromatic N) is 2. The summed E-state index contributed by atoms with van der Waals surface area (Å²) < 4.78 is 13.1. The number of rotatable bonds is 9. The van der Waals surface area contributed by atoms with Gasteiger partial charge in [0.25, 0.3) is 0 Å². The van der Waals surface area contributed by atoms with Crippen LogP contribution in [-0.2, 0) is 4.79 Å². The minimum atomic E-state index is -0.332. The number of ether oxygens (including phenoxy) is 2. The smallest absolute Gasteiger partial charge is 0.311 e. The number of hydrogen-bond acceptors (Lipinski definition) is 5. The number of hydrogen-bond donors (Lipinski definition) is 1. The monoisotopic (exact) mass is 485 g/mol. The van der Waals surface area contributed by atoms with E-state index in [2.05, 4.69) is 63.4 Å². The standard InChI is InChI=1S/C27H36ClN3O3/c1-18-12-14-31-22(15-18)29-24(25(31)30-27(5,6)17-26(2,3)4)19-10-11-20(21(16-19)33-7)34-23(32)9-8-13-28/h10-12,14-16,30H,8-9,13,17H2,1-7H3. The van der Waals surface area contributed by atoms with Crippen LogP contribution in [0.25, 0.3) is 16.9 Å². The number of nitrogens with one attached hydrogen (secondary N) is 1. The first kappa shape index (κ1) is 25.9. The number of anilines is 1. The van der Waals surface area contributed by atoms with Crippen LogP contribution in [-0.4, -0.2) is 33.9 Å². The fourth-order valence-electron chi connectivity index (χ4n) is 4.44. The van der Waals surface area contributed by atoms with Gasteiger partial charge in [-0.2, -0.15) is 0 Å². The van der Waals surface area contributed by atoms with E-state index in [1.54, 1.807) is 13.2 Å². The molecule has 184 valence electrons. The van der Waals surface area contributed by atoms with Gasteiger partial charge in [0.15, 0.2) is 11.5 Å². The lowest BCUT2D eigenvalue weighted by atomic mass is 9.82. The first-order chi connectivity index (χ1) is 15.9. The minimum Gasteiger partial charge on any atom is -0.493 e. The Labute approximate surface area is 207 Å². The van der Waals surface area contributed by atoms with Crippen LogP contribution in [0.5, 0.6) is 11.5 Å². The van der Waals surface area contributed by atoms with Crippen LogP contribution in [0.1, 0.15) is 59.4 Å². The molecule has 0 aliphatic rings. The van der Waals surface area contributed by atoms with Crippen molar-refractivity contribution in [2.45, 2.75) is 66.3 Å². The predicted octanol–water partition coefficient (Wildman–Crippen LogP) is 6.87. The summed E-state index contributed by atoms with van der Waals surface area (Å²) >= 11 is 5.69. The van der Waals surface area contributed by atoms with Gasteiger partial charge >= 0.3 is 5.97 Å². The van der Waals surface area contributed by atoms with E-state index in [9.17, 15) is 4.79 Å². The van der Waals surface area contributed by atoms with Gasteiger partial charge in [0.2, 0.25) is 0 Å². The highest BCUT2D eigenvalue weighted by Gasteiger charge is 2.28. The molecule has 0 aliphatic heterocycles. The van der Waals surface area contributed by atoms with Crippen molar-refractivity contribution < 1.29 is 14.3 Å². The molecular formula is C27H36ClN3O3. The average molecular weight is 486 g/mol. The van der Waals surface area contributed by atoms with Crippen molar-refractivity contribution in [2.24, 2.45) is 5.41 Å². The summed E-state index contributed by atoms with van der Waals surface area (Å²) in [5.74, 6) is 1.86. The van der Waals surface area contributed by atoms with E-state index in [1.165, 1.54) is 0 Å². The van der Waals surface area contributed by atoms with Crippen LogP contribution in [0.3, 0.4) is 0 Å². The highest BCUT2D eigenvalue weighted by Crippen LogP contribution is 2.38. The second-order valence-corrected chi connectivity index (χ2v) is 11.0. The summed E-state index contributed by atoms with van der Waals surface area (Å²) in [5, 5.41) is 3.75. The van der Waals surface area contributed by atoms with Crippen LogP contribution in [0, 0.1) is 12.3 Å². The number of pyridine rings is 1. The first-order valence-corrected chi connectivity index (χ1v) is 12.2. The van der Waals surface area contributed by atoms with E-state index in [4.69, 9.17) is 26.1 Å². The average Bonchev–Trinajstić information content (AvgIpc) is 3.07. The maximum Gasteiger partial charge on any atom is 0.311 e. The Bertz CT molecular complexity index is 1160. The van der Waals surface area contributed by atoms with E-state index in [1.807, 2.05) is 18.3 Å². The number of imidazole rings is 1. The van der Waals surface area contributed by atoms with E-state index >= 15 is 0 Å². The quantitative estimate of drug-likeness (QED) is 0.203. The van der Waals surface area contributed by atoms with Crippen molar-refractivity contribution in [3.05, 3.63) is 42.1 Å². The number of aryl methyl sites for hydroxylation is 1. The molecule has 0 fully saturated rings. The van der Waals surface area contributed by atoms with Crippen molar-refractivity contribution in [1.29, 1.82) is 0 Å². The number of carbonyl (C=O) groups is 1. The second kappa shape index (κ2) is 10.3. The molecular weight excluding hydrogens is 450 g/mol. The normalized spacial score (nSPS) is 12.1. The molecule has 1 N–H and O–H groups in total. The SMILES string of the molecule is COc1cc(-c2nc3cc(C)ccn3c2NC(C)(C)CC(C)(C)C)ccc1OC(=O)CCCCl. The molecule has 0 amide bonds. The van der Waals surface area contributed by atoms with Crippen molar-refractivity contribution in [3.63, 3.8) is 0 Å². The Morgan fingerprint density at radius 2 is 1.85 bits per heavy atom. The maximum atomic E-state index is 12.1. The van der Waals surface area contributed by atoms with E-state index < -0.39 is 0 Å². The summed E-state index contributed by atoms with van der Waals surface area (Å²) in [7, 11) is 1.56. The first-order valence-electron chi connectivity index (χ1n) is 11.6. The summed E-state index contributed by atoms with van der Waals surface area (Å²) in [4.78, 5) is 17.1. The van der Waals surface area contributed by atoms with Crippen LogP contribution >= 0.6 is 11.6 Å². The fourth-order valence-corrected chi connectivity index (χ4v) is 4.58.